The van der Waals surface area contributed by atoms with Crippen LogP contribution in [0.4, 0.5) is 0 Å². The summed E-state index contributed by atoms with van der Waals surface area (Å²) in [6, 6.07) is 10.1. The topological polar surface area (TPSA) is 21.8 Å². The molecule has 0 bridgehead atoms. The summed E-state index contributed by atoms with van der Waals surface area (Å²) in [5.41, 5.74) is 1.14. The largest absolute Gasteiger partial charge is 0.451 e. The van der Waals surface area contributed by atoms with Crippen LogP contribution < -0.4 is 0 Å². The lowest BCUT2D eigenvalue weighted by molar-refractivity contribution is 0.145. The Hall–Kier alpha value is -1.28. The highest BCUT2D eigenvalue weighted by molar-refractivity contribution is 5.71. The van der Waals surface area contributed by atoms with Gasteiger partial charge in [-0.1, -0.05) is 37.3 Å². The molecule has 1 heterocycles. The van der Waals surface area contributed by atoms with Gasteiger partial charge in [0.1, 0.15) is 6.61 Å². The van der Waals surface area contributed by atoms with Crippen molar-refractivity contribution in [1.82, 2.24) is 0 Å². The molecule has 0 amide bonds. The first-order valence-corrected chi connectivity index (χ1v) is 4.96. The molecule has 2 nitrogen and oxygen atoms in total. The van der Waals surface area contributed by atoms with E-state index in [0.717, 1.165) is 30.1 Å². The molecule has 0 radical (unpaired) electrons. The maximum atomic E-state index is 5.38. The van der Waals surface area contributed by atoms with Crippen molar-refractivity contribution < 1.29 is 9.47 Å². The van der Waals surface area contributed by atoms with Gasteiger partial charge < -0.3 is 9.47 Å². The maximum Gasteiger partial charge on any atom is 0.175 e. The summed E-state index contributed by atoms with van der Waals surface area (Å²) in [6.45, 7) is 3.51. The number of hydrogen-bond donors (Lipinski definition) is 0. The van der Waals surface area contributed by atoms with Gasteiger partial charge >= 0.3 is 0 Å². The Morgan fingerprint density at radius 1 is 1.21 bits per heavy atom. The van der Waals surface area contributed by atoms with E-state index in [0.29, 0.717) is 6.61 Å². The highest BCUT2D eigenvalue weighted by Crippen LogP contribution is 2.35. The first kappa shape index (κ1) is 9.28. The fourth-order valence-corrected chi connectivity index (χ4v) is 1.31. The lowest BCUT2D eigenvalue weighted by Crippen LogP contribution is -1.93. The van der Waals surface area contributed by atoms with Crippen molar-refractivity contribution >= 4 is 5.76 Å². The molecule has 1 aliphatic heterocycles. The van der Waals surface area contributed by atoms with Gasteiger partial charge in [0.25, 0.3) is 0 Å². The van der Waals surface area contributed by atoms with Crippen LogP contribution in [0.5, 0.6) is 0 Å². The van der Waals surface area contributed by atoms with Crippen LogP contribution in [0.15, 0.2) is 36.1 Å². The van der Waals surface area contributed by atoms with Crippen molar-refractivity contribution in [3.8, 4) is 0 Å². The Labute approximate surface area is 84.2 Å². The maximum absolute atomic E-state index is 5.38. The van der Waals surface area contributed by atoms with E-state index < -0.39 is 0 Å². The van der Waals surface area contributed by atoms with E-state index in [4.69, 9.17) is 9.47 Å². The molecular formula is C12H14O2. The molecule has 1 aromatic rings. The number of hydrogen-bond acceptors (Lipinski definition) is 2. The van der Waals surface area contributed by atoms with Gasteiger partial charge in [-0.05, 0) is 6.42 Å². The second kappa shape index (κ2) is 4.29. The molecule has 2 heteroatoms. The fraction of sp³-hybridized carbons (Fsp3) is 0.333. The molecule has 14 heavy (non-hydrogen) atoms. The molecule has 1 aromatic carbocycles. The Kier molecular flexibility index (Phi) is 2.84. The van der Waals surface area contributed by atoms with Crippen LogP contribution in [0.3, 0.4) is 0 Å². The van der Waals surface area contributed by atoms with Gasteiger partial charge in [0.05, 0.1) is 0 Å². The Balaban J connectivity index is 1.90. The summed E-state index contributed by atoms with van der Waals surface area (Å²) < 4.78 is 10.7. The van der Waals surface area contributed by atoms with E-state index in [2.05, 4.69) is 6.92 Å². The predicted octanol–water partition coefficient (Wildman–Crippen LogP) is 2.81. The van der Waals surface area contributed by atoms with Crippen LogP contribution in [0.1, 0.15) is 18.9 Å². The molecule has 0 aliphatic carbocycles. The summed E-state index contributed by atoms with van der Waals surface area (Å²) in [7, 11) is 0. The average Bonchev–Trinajstić information content (AvgIpc) is 2.99. The summed E-state index contributed by atoms with van der Waals surface area (Å²) in [5, 5.41) is 0. The predicted molar refractivity (Wildman–Crippen MR) is 55.6 cm³/mol. The minimum Gasteiger partial charge on any atom is -0.451 e. The zero-order chi connectivity index (χ0) is 9.80. The molecule has 1 aliphatic rings. The van der Waals surface area contributed by atoms with E-state index in [1.165, 1.54) is 0 Å². The molecule has 0 N–H and O–H groups in total. The van der Waals surface area contributed by atoms with Gasteiger partial charge in [-0.2, -0.15) is 0 Å². The molecule has 0 saturated heterocycles. The molecule has 74 valence electrons. The van der Waals surface area contributed by atoms with Gasteiger partial charge in [0.15, 0.2) is 11.5 Å². The standard InChI is InChI=1S/C12H14O2/c1-2-8-13-9-11-12(14-11)10-6-4-3-5-7-10/h3-7H,2,8-9H2,1H3. The highest BCUT2D eigenvalue weighted by atomic mass is 16.6. The number of ether oxygens (including phenoxy) is 2. The third-order valence-corrected chi connectivity index (χ3v) is 2.05. The lowest BCUT2D eigenvalue weighted by Gasteiger charge is -1.93. The summed E-state index contributed by atoms with van der Waals surface area (Å²) in [6.07, 6.45) is 1.05. The average molecular weight is 190 g/mol. The third kappa shape index (κ3) is 2.15. The van der Waals surface area contributed by atoms with Crippen LogP contribution in [0.2, 0.25) is 0 Å². The van der Waals surface area contributed by atoms with Crippen molar-refractivity contribution in [2.45, 2.75) is 13.3 Å². The molecule has 0 spiro atoms. The number of rotatable bonds is 5. The Morgan fingerprint density at radius 2 is 2.00 bits per heavy atom. The fourth-order valence-electron chi connectivity index (χ4n) is 1.31. The van der Waals surface area contributed by atoms with Crippen molar-refractivity contribution in [3.05, 3.63) is 41.7 Å². The molecule has 2 rings (SSSR count). The number of benzene rings is 1. The van der Waals surface area contributed by atoms with Crippen LogP contribution in [0, 0.1) is 0 Å². The van der Waals surface area contributed by atoms with Crippen molar-refractivity contribution in [1.29, 1.82) is 0 Å². The third-order valence-electron chi connectivity index (χ3n) is 2.05. The SMILES string of the molecule is CCCOCC1=C(c2ccccc2)O1. The Bertz CT molecular complexity index is 327. The second-order valence-corrected chi connectivity index (χ2v) is 3.27. The van der Waals surface area contributed by atoms with Crippen molar-refractivity contribution in [2.75, 3.05) is 13.2 Å². The van der Waals surface area contributed by atoms with Gasteiger partial charge in [-0.3, -0.25) is 0 Å². The molecule has 0 aromatic heterocycles. The van der Waals surface area contributed by atoms with Crippen LogP contribution >= 0.6 is 0 Å². The summed E-state index contributed by atoms with van der Waals surface area (Å²) >= 11 is 0. The zero-order valence-electron chi connectivity index (χ0n) is 8.32. The van der Waals surface area contributed by atoms with E-state index in [1.54, 1.807) is 0 Å². The van der Waals surface area contributed by atoms with E-state index in [1.807, 2.05) is 30.3 Å². The van der Waals surface area contributed by atoms with Crippen LogP contribution in [0.25, 0.3) is 5.76 Å². The van der Waals surface area contributed by atoms with Gasteiger partial charge in [-0.15, -0.1) is 0 Å². The van der Waals surface area contributed by atoms with E-state index in [-0.39, 0.29) is 0 Å². The normalized spacial score (nSPS) is 14.1. The zero-order valence-corrected chi connectivity index (χ0v) is 8.32. The van der Waals surface area contributed by atoms with E-state index in [9.17, 15) is 0 Å². The Morgan fingerprint density at radius 3 is 2.71 bits per heavy atom. The second-order valence-electron chi connectivity index (χ2n) is 3.27. The molecule has 0 atom stereocenters. The summed E-state index contributed by atoms with van der Waals surface area (Å²) in [4.78, 5) is 0. The quantitative estimate of drug-likeness (QED) is 0.666. The molecular weight excluding hydrogens is 176 g/mol. The summed E-state index contributed by atoms with van der Waals surface area (Å²) in [5.74, 6) is 1.96. The monoisotopic (exact) mass is 190 g/mol. The van der Waals surface area contributed by atoms with Crippen molar-refractivity contribution in [3.63, 3.8) is 0 Å². The van der Waals surface area contributed by atoms with Crippen LogP contribution in [-0.2, 0) is 9.47 Å². The van der Waals surface area contributed by atoms with Crippen LogP contribution in [-0.4, -0.2) is 13.2 Å². The minimum atomic E-state index is 0.609. The highest BCUT2D eigenvalue weighted by Gasteiger charge is 2.26. The minimum absolute atomic E-state index is 0.609. The van der Waals surface area contributed by atoms with E-state index >= 15 is 0 Å². The lowest BCUT2D eigenvalue weighted by atomic mass is 10.2. The van der Waals surface area contributed by atoms with Gasteiger partial charge in [0, 0.05) is 12.2 Å². The van der Waals surface area contributed by atoms with Gasteiger partial charge in [-0.25, -0.2) is 0 Å². The molecule has 0 fully saturated rings. The van der Waals surface area contributed by atoms with Crippen molar-refractivity contribution in [2.24, 2.45) is 0 Å². The smallest absolute Gasteiger partial charge is 0.175 e. The first-order chi connectivity index (χ1) is 6.92. The molecule has 0 unspecified atom stereocenters. The van der Waals surface area contributed by atoms with Gasteiger partial charge in [0.2, 0.25) is 0 Å². The molecule has 0 saturated carbocycles. The first-order valence-electron chi connectivity index (χ1n) is 4.96.